The molecule has 0 spiro atoms. The molecule has 0 aliphatic heterocycles. The highest BCUT2D eigenvalue weighted by atomic mass is 16.3. The lowest BCUT2D eigenvalue weighted by atomic mass is 9.71. The van der Waals surface area contributed by atoms with E-state index in [1.54, 1.807) is 0 Å². The standard InChI is InChI=1S/C52H43NO2/c1-50(2,3)46-44-36-18-8-12-20-38(36)51(4,5)47(44)49(48-45(46)37-19-9-13-21-39(37)52(48,6)7)53(30-24-26-34-32-16-10-14-22-40(32)54-42(34)28-30)31-25-27-35-33-17-11-15-23-41(33)55-43(35)29-31/h8-29H,1-7H3. The molecule has 0 saturated heterocycles. The lowest BCUT2D eigenvalue weighted by Crippen LogP contribution is -2.27. The van der Waals surface area contributed by atoms with Crippen molar-refractivity contribution in [1.82, 2.24) is 0 Å². The van der Waals surface area contributed by atoms with Crippen molar-refractivity contribution in [3.05, 3.63) is 161 Å². The zero-order chi connectivity index (χ0) is 37.6. The third-order valence-corrected chi connectivity index (χ3v) is 12.7. The number of hydrogen-bond donors (Lipinski definition) is 0. The maximum Gasteiger partial charge on any atom is 0.137 e. The maximum absolute atomic E-state index is 6.61. The molecule has 9 aromatic rings. The smallest absolute Gasteiger partial charge is 0.137 e. The van der Waals surface area contributed by atoms with Crippen LogP contribution >= 0.6 is 0 Å². The molecule has 0 saturated carbocycles. The summed E-state index contributed by atoms with van der Waals surface area (Å²) in [6.07, 6.45) is 0. The first-order valence-corrected chi connectivity index (χ1v) is 19.5. The van der Waals surface area contributed by atoms with Crippen LogP contribution in [0, 0.1) is 0 Å². The lowest BCUT2D eigenvalue weighted by Gasteiger charge is -2.39. The fraction of sp³-hybridized carbons (Fsp3) is 0.192. The first kappa shape index (κ1) is 32.4. The minimum Gasteiger partial charge on any atom is -0.456 e. The number of fused-ring (bicyclic) bond motifs is 12. The fourth-order valence-electron chi connectivity index (χ4n) is 10.3. The number of anilines is 3. The highest BCUT2D eigenvalue weighted by Gasteiger charge is 2.50. The van der Waals surface area contributed by atoms with Gasteiger partial charge in [-0.05, 0) is 91.9 Å². The molecule has 2 aromatic heterocycles. The monoisotopic (exact) mass is 713 g/mol. The van der Waals surface area contributed by atoms with Crippen LogP contribution in [-0.4, -0.2) is 0 Å². The van der Waals surface area contributed by atoms with Gasteiger partial charge in [0, 0.05) is 55.9 Å². The summed E-state index contributed by atoms with van der Waals surface area (Å²) in [6.45, 7) is 16.9. The van der Waals surface area contributed by atoms with E-state index in [0.29, 0.717) is 0 Å². The molecule has 0 radical (unpaired) electrons. The molecule has 0 amide bonds. The number of para-hydroxylation sites is 2. The van der Waals surface area contributed by atoms with Crippen LogP contribution in [0.15, 0.2) is 142 Å². The quantitative estimate of drug-likeness (QED) is 0.183. The summed E-state index contributed by atoms with van der Waals surface area (Å²) in [7, 11) is 0. The third kappa shape index (κ3) is 4.27. The van der Waals surface area contributed by atoms with Crippen LogP contribution < -0.4 is 4.90 Å². The van der Waals surface area contributed by atoms with Gasteiger partial charge in [0.2, 0.25) is 0 Å². The highest BCUT2D eigenvalue weighted by molar-refractivity contribution is 6.09. The molecule has 0 N–H and O–H groups in total. The summed E-state index contributed by atoms with van der Waals surface area (Å²) in [4.78, 5) is 2.53. The van der Waals surface area contributed by atoms with E-state index in [1.807, 2.05) is 12.1 Å². The van der Waals surface area contributed by atoms with E-state index in [0.717, 1.165) is 55.3 Å². The van der Waals surface area contributed by atoms with Gasteiger partial charge in [-0.25, -0.2) is 0 Å². The summed E-state index contributed by atoms with van der Waals surface area (Å²) >= 11 is 0. The Labute approximate surface area is 321 Å². The minimum atomic E-state index is -0.299. The number of rotatable bonds is 3. The van der Waals surface area contributed by atoms with Crippen molar-refractivity contribution in [3.8, 4) is 22.3 Å². The Morgan fingerprint density at radius 3 is 1.31 bits per heavy atom. The number of furan rings is 2. The van der Waals surface area contributed by atoms with Crippen LogP contribution in [0.3, 0.4) is 0 Å². The summed E-state index contributed by atoms with van der Waals surface area (Å²) in [5.74, 6) is 0. The van der Waals surface area contributed by atoms with Gasteiger partial charge in [-0.2, -0.15) is 0 Å². The molecule has 0 unspecified atom stereocenters. The lowest BCUT2D eigenvalue weighted by molar-refractivity contribution is 0.587. The normalized spacial score (nSPS) is 15.1. The molecule has 55 heavy (non-hydrogen) atoms. The Kier molecular flexibility index (Phi) is 6.35. The summed E-state index contributed by atoms with van der Waals surface area (Å²) in [5, 5.41) is 4.49. The maximum atomic E-state index is 6.61. The van der Waals surface area contributed by atoms with Gasteiger partial charge in [-0.3, -0.25) is 0 Å². The molecular weight excluding hydrogens is 671 g/mol. The van der Waals surface area contributed by atoms with Gasteiger partial charge >= 0.3 is 0 Å². The van der Waals surface area contributed by atoms with E-state index in [2.05, 4.69) is 175 Å². The van der Waals surface area contributed by atoms with Crippen molar-refractivity contribution >= 4 is 60.9 Å². The van der Waals surface area contributed by atoms with E-state index >= 15 is 0 Å². The van der Waals surface area contributed by atoms with Gasteiger partial charge in [-0.1, -0.05) is 133 Å². The average Bonchev–Trinajstić information content (AvgIpc) is 3.86. The Hall–Kier alpha value is -6.06. The number of hydrogen-bond acceptors (Lipinski definition) is 3. The Morgan fingerprint density at radius 1 is 0.455 bits per heavy atom. The molecule has 7 aromatic carbocycles. The molecule has 3 nitrogen and oxygen atoms in total. The summed E-state index contributed by atoms with van der Waals surface area (Å²) in [6, 6.07) is 48.5. The van der Waals surface area contributed by atoms with Crippen LogP contribution in [0.4, 0.5) is 17.1 Å². The Bertz CT molecular complexity index is 2890. The van der Waals surface area contributed by atoms with Crippen molar-refractivity contribution in [2.75, 3.05) is 4.90 Å². The van der Waals surface area contributed by atoms with Gasteiger partial charge in [0.25, 0.3) is 0 Å². The second-order valence-electron chi connectivity index (χ2n) is 17.7. The van der Waals surface area contributed by atoms with Gasteiger partial charge in [0.05, 0.1) is 5.69 Å². The van der Waals surface area contributed by atoms with E-state index in [1.165, 1.54) is 55.8 Å². The van der Waals surface area contributed by atoms with E-state index in [9.17, 15) is 0 Å². The average molecular weight is 714 g/mol. The van der Waals surface area contributed by atoms with Crippen molar-refractivity contribution < 1.29 is 8.83 Å². The predicted molar refractivity (Wildman–Crippen MR) is 230 cm³/mol. The number of nitrogens with zero attached hydrogens (tertiary/aromatic N) is 1. The molecule has 2 heterocycles. The van der Waals surface area contributed by atoms with Gasteiger partial charge in [0.1, 0.15) is 22.3 Å². The molecule has 0 atom stereocenters. The van der Waals surface area contributed by atoms with Crippen LogP contribution in [-0.2, 0) is 16.2 Å². The first-order chi connectivity index (χ1) is 26.4. The molecular formula is C52H43NO2. The fourth-order valence-corrected chi connectivity index (χ4v) is 10.3. The second kappa shape index (κ2) is 10.8. The predicted octanol–water partition coefficient (Wildman–Crippen LogP) is 14.9. The Morgan fingerprint density at radius 2 is 0.855 bits per heavy atom. The van der Waals surface area contributed by atoms with Crippen molar-refractivity contribution in [2.45, 2.75) is 64.7 Å². The van der Waals surface area contributed by atoms with Crippen LogP contribution in [0.2, 0.25) is 0 Å². The van der Waals surface area contributed by atoms with Gasteiger partial charge in [0.15, 0.2) is 0 Å². The SMILES string of the molecule is CC(C)(C)c1c2c(c(N(c3ccc4c(c3)oc3ccccc34)c3ccc4c(c3)oc3ccccc34)c3c1-c1ccccc1C3(C)C)C(C)(C)c1ccccc1-2. The zero-order valence-corrected chi connectivity index (χ0v) is 32.5. The zero-order valence-electron chi connectivity index (χ0n) is 32.5. The summed E-state index contributed by atoms with van der Waals surface area (Å²) in [5.41, 5.74) is 18.4. The second-order valence-corrected chi connectivity index (χ2v) is 17.7. The van der Waals surface area contributed by atoms with E-state index in [-0.39, 0.29) is 16.2 Å². The van der Waals surface area contributed by atoms with Crippen LogP contribution in [0.1, 0.15) is 76.3 Å². The molecule has 3 heteroatoms. The van der Waals surface area contributed by atoms with Gasteiger partial charge in [-0.15, -0.1) is 0 Å². The van der Waals surface area contributed by atoms with E-state index < -0.39 is 0 Å². The molecule has 2 aliphatic carbocycles. The molecule has 268 valence electrons. The topological polar surface area (TPSA) is 29.5 Å². The Balaban J connectivity index is 1.33. The van der Waals surface area contributed by atoms with Gasteiger partial charge < -0.3 is 13.7 Å². The minimum absolute atomic E-state index is 0.140. The molecule has 11 rings (SSSR count). The molecule has 0 fully saturated rings. The van der Waals surface area contributed by atoms with Crippen LogP contribution in [0.25, 0.3) is 66.1 Å². The summed E-state index contributed by atoms with van der Waals surface area (Å²) < 4.78 is 13.2. The van der Waals surface area contributed by atoms with Crippen molar-refractivity contribution in [2.24, 2.45) is 0 Å². The number of benzene rings is 7. The molecule has 0 bridgehead atoms. The highest BCUT2D eigenvalue weighted by Crippen LogP contribution is 2.65. The molecule has 2 aliphatic rings. The third-order valence-electron chi connectivity index (χ3n) is 12.7. The first-order valence-electron chi connectivity index (χ1n) is 19.5. The van der Waals surface area contributed by atoms with E-state index in [4.69, 9.17) is 8.83 Å². The van der Waals surface area contributed by atoms with Crippen LogP contribution in [0.5, 0.6) is 0 Å². The van der Waals surface area contributed by atoms with Crippen molar-refractivity contribution in [3.63, 3.8) is 0 Å². The largest absolute Gasteiger partial charge is 0.456 e. The van der Waals surface area contributed by atoms with Crippen molar-refractivity contribution in [1.29, 1.82) is 0 Å².